The van der Waals surface area contributed by atoms with Crippen LogP contribution in [0.3, 0.4) is 0 Å². The van der Waals surface area contributed by atoms with Gasteiger partial charge in [-0.3, -0.25) is 9.59 Å². The maximum atomic E-state index is 12.5. The Hall–Kier alpha value is -2.30. The van der Waals surface area contributed by atoms with Crippen LogP contribution in [0.15, 0.2) is 54.1 Å². The van der Waals surface area contributed by atoms with E-state index in [1.807, 2.05) is 12.1 Å². The molecule has 2 aliphatic heterocycles. The third-order valence-electron chi connectivity index (χ3n) is 4.34. The van der Waals surface area contributed by atoms with Gasteiger partial charge >= 0.3 is 0 Å². The summed E-state index contributed by atoms with van der Waals surface area (Å²) in [5, 5.41) is 6.96. The first-order valence-corrected chi connectivity index (χ1v) is 8.17. The lowest BCUT2D eigenvalue weighted by molar-refractivity contribution is -0.122. The Morgan fingerprint density at radius 3 is 2.04 bits per heavy atom. The maximum Gasteiger partial charge on any atom is 0.250 e. The van der Waals surface area contributed by atoms with E-state index < -0.39 is 12.0 Å². The number of fused-ring (bicyclic) bond motifs is 1. The van der Waals surface area contributed by atoms with Crippen molar-refractivity contribution < 1.29 is 9.59 Å². The average molecular weight is 359 g/mol. The van der Waals surface area contributed by atoms with Gasteiger partial charge in [-0.1, -0.05) is 47.5 Å². The molecule has 2 heterocycles. The van der Waals surface area contributed by atoms with Crippen LogP contribution in [0.4, 0.5) is 0 Å². The molecule has 2 N–H and O–H groups in total. The molecule has 1 saturated heterocycles. The smallest absolute Gasteiger partial charge is 0.250 e. The molecule has 4 rings (SSSR count). The molecule has 1 fully saturated rings. The first-order chi connectivity index (χ1) is 11.5. The summed E-state index contributed by atoms with van der Waals surface area (Å²) in [4.78, 5) is 25.0. The highest BCUT2D eigenvalue weighted by Crippen LogP contribution is 2.41. The molecule has 2 aromatic rings. The van der Waals surface area contributed by atoms with Crippen LogP contribution in [-0.2, 0) is 9.59 Å². The molecule has 0 aliphatic carbocycles. The lowest BCUT2D eigenvalue weighted by Crippen LogP contribution is -2.29. The fraction of sp³-hybridized carbons (Fsp3) is 0.111. The molecule has 120 valence electrons. The van der Waals surface area contributed by atoms with Gasteiger partial charge in [0.25, 0.3) is 5.91 Å². The molecule has 2 amide bonds. The van der Waals surface area contributed by atoms with Gasteiger partial charge in [0.15, 0.2) is 0 Å². The summed E-state index contributed by atoms with van der Waals surface area (Å²) in [7, 11) is 0. The van der Waals surface area contributed by atoms with Gasteiger partial charge in [0.05, 0.1) is 23.2 Å². The highest BCUT2D eigenvalue weighted by Gasteiger charge is 2.49. The van der Waals surface area contributed by atoms with Crippen molar-refractivity contribution in [3.05, 3.63) is 75.3 Å². The molecule has 24 heavy (non-hydrogen) atoms. The lowest BCUT2D eigenvalue weighted by atomic mass is 9.91. The monoisotopic (exact) mass is 358 g/mol. The second-order valence-electron chi connectivity index (χ2n) is 5.77. The fourth-order valence-electron chi connectivity index (χ4n) is 3.22. The van der Waals surface area contributed by atoms with Crippen LogP contribution >= 0.6 is 23.2 Å². The summed E-state index contributed by atoms with van der Waals surface area (Å²) in [5.41, 5.74) is 2.63. The van der Waals surface area contributed by atoms with Crippen molar-refractivity contribution in [2.45, 2.75) is 6.04 Å². The van der Waals surface area contributed by atoms with Crippen molar-refractivity contribution in [2.75, 3.05) is 0 Å². The van der Waals surface area contributed by atoms with E-state index in [2.05, 4.69) is 10.6 Å². The quantitative estimate of drug-likeness (QED) is 0.864. The Morgan fingerprint density at radius 2 is 1.42 bits per heavy atom. The molecule has 0 radical (unpaired) electrons. The van der Waals surface area contributed by atoms with E-state index in [1.165, 1.54) is 0 Å². The fourth-order valence-corrected chi connectivity index (χ4v) is 3.47. The number of rotatable bonds is 2. The summed E-state index contributed by atoms with van der Waals surface area (Å²) >= 11 is 11.8. The number of benzene rings is 2. The Balaban J connectivity index is 1.78. The first-order valence-electron chi connectivity index (χ1n) is 7.42. The minimum atomic E-state index is -0.552. The normalized spacial score (nSPS) is 22.4. The van der Waals surface area contributed by atoms with E-state index in [4.69, 9.17) is 23.2 Å². The van der Waals surface area contributed by atoms with Crippen LogP contribution in [0.2, 0.25) is 10.0 Å². The van der Waals surface area contributed by atoms with E-state index in [-0.39, 0.29) is 11.8 Å². The molecule has 0 bridgehead atoms. The molecular weight excluding hydrogens is 347 g/mol. The second kappa shape index (κ2) is 5.65. The number of carbonyl (C=O) groups excluding carboxylic acids is 2. The van der Waals surface area contributed by atoms with Gasteiger partial charge in [0.1, 0.15) is 0 Å². The van der Waals surface area contributed by atoms with E-state index in [0.29, 0.717) is 21.3 Å². The second-order valence-corrected chi connectivity index (χ2v) is 6.64. The van der Waals surface area contributed by atoms with Crippen molar-refractivity contribution >= 4 is 40.7 Å². The van der Waals surface area contributed by atoms with Gasteiger partial charge in [0, 0.05) is 10.0 Å². The minimum absolute atomic E-state index is 0.187. The molecule has 2 aromatic carbocycles. The highest BCUT2D eigenvalue weighted by atomic mass is 35.5. The summed E-state index contributed by atoms with van der Waals surface area (Å²) in [6, 6.07) is 13.8. The zero-order chi connectivity index (χ0) is 16.8. The maximum absolute atomic E-state index is 12.5. The molecule has 4 nitrogen and oxygen atoms in total. The van der Waals surface area contributed by atoms with Crippen molar-refractivity contribution in [1.29, 1.82) is 0 Å². The minimum Gasteiger partial charge on any atom is -0.344 e. The van der Waals surface area contributed by atoms with Gasteiger partial charge in [-0.2, -0.15) is 0 Å². The number of carbonyl (C=O) groups is 2. The van der Waals surface area contributed by atoms with Crippen LogP contribution in [0.25, 0.3) is 5.70 Å². The SMILES string of the molecule is O=C1NC(c2ccc(Cl)cc2)C2C(=O)NC(c3ccc(Cl)cc3)=C12. The van der Waals surface area contributed by atoms with Gasteiger partial charge < -0.3 is 10.6 Å². The predicted molar refractivity (Wildman–Crippen MR) is 92.3 cm³/mol. The van der Waals surface area contributed by atoms with Gasteiger partial charge in [-0.15, -0.1) is 0 Å². The molecular formula is C18H12Cl2N2O2. The van der Waals surface area contributed by atoms with Crippen molar-refractivity contribution in [1.82, 2.24) is 10.6 Å². The van der Waals surface area contributed by atoms with Crippen LogP contribution in [0.1, 0.15) is 17.2 Å². The molecule has 2 unspecified atom stereocenters. The third kappa shape index (κ3) is 2.39. The standard InChI is InChI=1S/C18H12Cl2N2O2/c19-11-5-1-9(2-6-11)15-13-14(18(24)21-15)16(22-17(13)23)10-3-7-12(20)8-4-10/h1-8,13,15H,(H,21,24)(H,22,23). The largest absolute Gasteiger partial charge is 0.344 e. The molecule has 0 saturated carbocycles. The van der Waals surface area contributed by atoms with Crippen LogP contribution < -0.4 is 10.6 Å². The zero-order valence-electron chi connectivity index (χ0n) is 12.3. The van der Waals surface area contributed by atoms with E-state index >= 15 is 0 Å². The molecule has 2 aliphatic rings. The van der Waals surface area contributed by atoms with Crippen LogP contribution in [0, 0.1) is 5.92 Å². The van der Waals surface area contributed by atoms with Gasteiger partial charge in [0.2, 0.25) is 5.91 Å². The van der Waals surface area contributed by atoms with E-state index in [1.54, 1.807) is 36.4 Å². The third-order valence-corrected chi connectivity index (χ3v) is 4.84. The number of amides is 2. The number of halogens is 2. The first kappa shape index (κ1) is 15.2. The summed E-state index contributed by atoms with van der Waals surface area (Å²) < 4.78 is 0. The summed E-state index contributed by atoms with van der Waals surface area (Å²) in [6.45, 7) is 0. The molecule has 0 spiro atoms. The highest BCUT2D eigenvalue weighted by molar-refractivity contribution is 6.31. The Morgan fingerprint density at radius 1 is 0.833 bits per heavy atom. The van der Waals surface area contributed by atoms with Gasteiger partial charge in [-0.25, -0.2) is 0 Å². The Bertz CT molecular complexity index is 873. The Labute approximate surface area is 148 Å². The Kier molecular flexibility index (Phi) is 3.59. The van der Waals surface area contributed by atoms with E-state index in [9.17, 15) is 9.59 Å². The van der Waals surface area contributed by atoms with Crippen molar-refractivity contribution in [3.63, 3.8) is 0 Å². The summed E-state index contributed by atoms with van der Waals surface area (Å²) in [6.07, 6.45) is 0. The van der Waals surface area contributed by atoms with Crippen LogP contribution in [-0.4, -0.2) is 11.8 Å². The molecule has 0 aromatic heterocycles. The van der Waals surface area contributed by atoms with Gasteiger partial charge in [-0.05, 0) is 35.4 Å². The zero-order valence-corrected chi connectivity index (χ0v) is 13.9. The van der Waals surface area contributed by atoms with Crippen LogP contribution in [0.5, 0.6) is 0 Å². The number of hydrogen-bond acceptors (Lipinski definition) is 2. The number of nitrogens with one attached hydrogen (secondary N) is 2. The lowest BCUT2D eigenvalue weighted by Gasteiger charge is -2.15. The van der Waals surface area contributed by atoms with E-state index in [0.717, 1.165) is 11.1 Å². The summed E-state index contributed by atoms with van der Waals surface area (Å²) in [5.74, 6) is -0.971. The average Bonchev–Trinajstić information content (AvgIpc) is 3.08. The topological polar surface area (TPSA) is 58.2 Å². The number of hydrogen-bond donors (Lipinski definition) is 2. The molecule has 2 atom stereocenters. The molecule has 6 heteroatoms. The van der Waals surface area contributed by atoms with Crippen molar-refractivity contribution in [2.24, 2.45) is 5.92 Å². The predicted octanol–water partition coefficient (Wildman–Crippen LogP) is 3.32. The van der Waals surface area contributed by atoms with Crippen molar-refractivity contribution in [3.8, 4) is 0 Å².